The van der Waals surface area contributed by atoms with E-state index in [9.17, 15) is 4.79 Å². The molecule has 4 rings (SSSR count). The van der Waals surface area contributed by atoms with Gasteiger partial charge in [0.15, 0.2) is 0 Å². The van der Waals surface area contributed by atoms with E-state index in [0.717, 1.165) is 22.5 Å². The molecule has 0 aliphatic carbocycles. The summed E-state index contributed by atoms with van der Waals surface area (Å²) in [5.74, 6) is 0.910. The number of nitrogens with zero attached hydrogens (tertiary/aromatic N) is 3. The van der Waals surface area contributed by atoms with Crippen molar-refractivity contribution in [3.63, 3.8) is 0 Å². The first-order valence-corrected chi connectivity index (χ1v) is 11.3. The second-order valence-electron chi connectivity index (χ2n) is 7.40. The molecule has 3 aromatic carbocycles. The molecule has 4 aromatic rings. The SMILES string of the molecule is CCOc1ccc(-n2nc3cc(C)c(NC(=O)C=Cc4cc(Cl)cc(Cl)c4OC)cc3n2)cc1. The summed E-state index contributed by atoms with van der Waals surface area (Å²) in [7, 11) is 1.51. The summed E-state index contributed by atoms with van der Waals surface area (Å²) in [5, 5.41) is 12.8. The molecular formula is C25H22Cl2N4O3. The molecule has 174 valence electrons. The summed E-state index contributed by atoms with van der Waals surface area (Å²) in [6.07, 6.45) is 2.99. The standard InChI is InChI=1S/C25H22Cl2N4O3/c1-4-34-19-8-6-18(7-9-19)31-29-22-11-15(2)21(14-23(22)30-31)28-24(32)10-5-16-12-17(26)13-20(27)25(16)33-3/h5-14H,4H2,1-3H3,(H,28,32). The minimum atomic E-state index is -0.320. The molecule has 9 heteroatoms. The second-order valence-corrected chi connectivity index (χ2v) is 8.25. The molecule has 1 aromatic heterocycles. The maximum atomic E-state index is 12.6. The van der Waals surface area contributed by atoms with Crippen LogP contribution >= 0.6 is 23.2 Å². The third kappa shape index (κ3) is 5.16. The maximum absolute atomic E-state index is 12.6. The molecule has 7 nitrogen and oxygen atoms in total. The second kappa shape index (κ2) is 10.2. The summed E-state index contributed by atoms with van der Waals surface area (Å²) >= 11 is 12.2. The van der Waals surface area contributed by atoms with Gasteiger partial charge in [-0.3, -0.25) is 4.79 Å². The Labute approximate surface area is 206 Å². The van der Waals surface area contributed by atoms with Gasteiger partial charge in [0.05, 0.1) is 24.4 Å². The molecule has 0 unspecified atom stereocenters. The number of aryl methyl sites for hydroxylation is 1. The molecule has 0 atom stereocenters. The molecule has 0 aliphatic heterocycles. The molecule has 0 saturated heterocycles. The van der Waals surface area contributed by atoms with Crippen molar-refractivity contribution in [2.24, 2.45) is 0 Å². The Bertz CT molecular complexity index is 1380. The molecule has 1 amide bonds. The zero-order valence-corrected chi connectivity index (χ0v) is 20.3. The third-order valence-corrected chi connectivity index (χ3v) is 5.52. The Hall–Kier alpha value is -3.55. The number of halogens is 2. The Morgan fingerprint density at radius 3 is 2.47 bits per heavy atom. The summed E-state index contributed by atoms with van der Waals surface area (Å²) < 4.78 is 10.8. The summed E-state index contributed by atoms with van der Waals surface area (Å²) in [5.41, 5.74) is 4.27. The zero-order chi connectivity index (χ0) is 24.2. The van der Waals surface area contributed by atoms with Crippen molar-refractivity contribution in [1.82, 2.24) is 15.0 Å². The molecule has 0 bridgehead atoms. The first-order chi connectivity index (χ1) is 16.4. The van der Waals surface area contributed by atoms with Crippen LogP contribution in [0.25, 0.3) is 22.8 Å². The average Bonchev–Trinajstić information content (AvgIpc) is 3.21. The third-order valence-electron chi connectivity index (χ3n) is 5.02. The van der Waals surface area contributed by atoms with Crippen molar-refractivity contribution in [2.75, 3.05) is 19.0 Å². The lowest BCUT2D eigenvalue weighted by atomic mass is 10.1. The van der Waals surface area contributed by atoms with Gasteiger partial charge in [-0.1, -0.05) is 23.2 Å². The number of anilines is 1. The monoisotopic (exact) mass is 496 g/mol. The number of carbonyl (C=O) groups excluding carboxylic acids is 1. The fourth-order valence-electron chi connectivity index (χ4n) is 3.42. The van der Waals surface area contributed by atoms with E-state index in [0.29, 0.717) is 39.2 Å². The summed E-state index contributed by atoms with van der Waals surface area (Å²) in [6, 6.07) is 14.5. The highest BCUT2D eigenvalue weighted by Crippen LogP contribution is 2.33. The first-order valence-electron chi connectivity index (χ1n) is 10.5. The lowest BCUT2D eigenvalue weighted by Gasteiger charge is -2.08. The van der Waals surface area contributed by atoms with Gasteiger partial charge in [0.25, 0.3) is 0 Å². The average molecular weight is 497 g/mol. The number of aromatic nitrogens is 3. The lowest BCUT2D eigenvalue weighted by molar-refractivity contribution is -0.111. The van der Waals surface area contributed by atoms with E-state index in [1.165, 1.54) is 13.2 Å². The van der Waals surface area contributed by atoms with Crippen molar-refractivity contribution < 1.29 is 14.3 Å². The number of carbonyl (C=O) groups is 1. The van der Waals surface area contributed by atoms with E-state index >= 15 is 0 Å². The van der Waals surface area contributed by atoms with Gasteiger partial charge in [0, 0.05) is 22.3 Å². The zero-order valence-electron chi connectivity index (χ0n) is 18.8. The predicted molar refractivity (Wildman–Crippen MR) is 135 cm³/mol. The number of hydrogen-bond acceptors (Lipinski definition) is 5. The van der Waals surface area contributed by atoms with Crippen LogP contribution in [0.2, 0.25) is 10.0 Å². The number of amides is 1. The molecule has 1 heterocycles. The minimum absolute atomic E-state index is 0.320. The van der Waals surface area contributed by atoms with Crippen molar-refractivity contribution >= 4 is 51.9 Å². The fraction of sp³-hybridized carbons (Fsp3) is 0.160. The van der Waals surface area contributed by atoms with Gasteiger partial charge >= 0.3 is 0 Å². The Morgan fingerprint density at radius 1 is 1.09 bits per heavy atom. The van der Waals surface area contributed by atoms with Gasteiger partial charge in [-0.25, -0.2) is 0 Å². The van der Waals surface area contributed by atoms with Crippen LogP contribution in [0.15, 0.2) is 54.6 Å². The van der Waals surface area contributed by atoms with Crippen LogP contribution in [-0.2, 0) is 4.79 Å². The number of nitrogens with one attached hydrogen (secondary N) is 1. The van der Waals surface area contributed by atoms with Crippen molar-refractivity contribution in [1.29, 1.82) is 0 Å². The number of benzene rings is 3. The largest absolute Gasteiger partial charge is 0.495 e. The molecular weight excluding hydrogens is 475 g/mol. The number of ether oxygens (including phenoxy) is 2. The van der Waals surface area contributed by atoms with E-state index in [4.69, 9.17) is 32.7 Å². The van der Waals surface area contributed by atoms with Crippen molar-refractivity contribution in [2.45, 2.75) is 13.8 Å². The van der Waals surface area contributed by atoms with E-state index in [-0.39, 0.29) is 5.91 Å². The van der Waals surface area contributed by atoms with Gasteiger partial charge in [-0.15, -0.1) is 10.2 Å². The topological polar surface area (TPSA) is 78.3 Å². The molecule has 0 saturated carbocycles. The number of hydrogen-bond donors (Lipinski definition) is 1. The van der Waals surface area contributed by atoms with Crippen LogP contribution < -0.4 is 14.8 Å². The van der Waals surface area contributed by atoms with Crippen LogP contribution in [-0.4, -0.2) is 34.6 Å². The van der Waals surface area contributed by atoms with Gasteiger partial charge in [0.2, 0.25) is 5.91 Å². The Kier molecular flexibility index (Phi) is 7.05. The molecule has 34 heavy (non-hydrogen) atoms. The molecule has 0 aliphatic rings. The highest BCUT2D eigenvalue weighted by Gasteiger charge is 2.11. The molecule has 0 fully saturated rings. The maximum Gasteiger partial charge on any atom is 0.248 e. The minimum Gasteiger partial charge on any atom is -0.495 e. The van der Waals surface area contributed by atoms with Crippen LogP contribution in [0, 0.1) is 6.92 Å². The van der Waals surface area contributed by atoms with Crippen molar-refractivity contribution in [3.05, 3.63) is 75.8 Å². The normalized spacial score (nSPS) is 11.2. The molecule has 0 spiro atoms. The van der Waals surface area contributed by atoms with E-state index < -0.39 is 0 Å². The lowest BCUT2D eigenvalue weighted by Crippen LogP contribution is -2.09. The summed E-state index contributed by atoms with van der Waals surface area (Å²) in [6.45, 7) is 4.44. The van der Waals surface area contributed by atoms with Gasteiger partial charge in [-0.05, 0) is 74.0 Å². The Morgan fingerprint density at radius 2 is 1.79 bits per heavy atom. The van der Waals surface area contributed by atoms with Crippen LogP contribution in [0.3, 0.4) is 0 Å². The van der Waals surface area contributed by atoms with Crippen LogP contribution in [0.5, 0.6) is 11.5 Å². The van der Waals surface area contributed by atoms with Gasteiger partial charge in [0.1, 0.15) is 22.5 Å². The van der Waals surface area contributed by atoms with Gasteiger partial charge in [-0.2, -0.15) is 4.80 Å². The molecule has 0 radical (unpaired) electrons. The van der Waals surface area contributed by atoms with Crippen LogP contribution in [0.1, 0.15) is 18.1 Å². The van der Waals surface area contributed by atoms with Crippen molar-refractivity contribution in [3.8, 4) is 17.2 Å². The highest BCUT2D eigenvalue weighted by atomic mass is 35.5. The number of methoxy groups -OCH3 is 1. The van der Waals surface area contributed by atoms with Crippen LogP contribution in [0.4, 0.5) is 5.69 Å². The van der Waals surface area contributed by atoms with E-state index in [1.807, 2.05) is 44.2 Å². The Balaban J connectivity index is 1.55. The smallest absolute Gasteiger partial charge is 0.248 e. The highest BCUT2D eigenvalue weighted by molar-refractivity contribution is 6.36. The number of rotatable bonds is 7. The first kappa shape index (κ1) is 23.6. The van der Waals surface area contributed by atoms with E-state index in [1.54, 1.807) is 29.1 Å². The summed E-state index contributed by atoms with van der Waals surface area (Å²) in [4.78, 5) is 14.2. The van der Waals surface area contributed by atoms with Gasteiger partial charge < -0.3 is 14.8 Å². The number of fused-ring (bicyclic) bond motifs is 1. The van der Waals surface area contributed by atoms with E-state index in [2.05, 4.69) is 15.5 Å². The predicted octanol–water partition coefficient (Wildman–Crippen LogP) is 6.09. The fourth-order valence-corrected chi connectivity index (χ4v) is 4.01. The molecule has 1 N–H and O–H groups in total. The quantitative estimate of drug-likeness (QED) is 0.313.